The van der Waals surface area contributed by atoms with Gasteiger partial charge in [-0.2, -0.15) is 0 Å². The Balaban J connectivity index is 1.76. The van der Waals surface area contributed by atoms with Crippen LogP contribution in [0, 0.1) is 5.92 Å². The number of fused-ring (bicyclic) bond motifs is 1. The lowest BCUT2D eigenvalue weighted by Crippen LogP contribution is -2.22. The number of nitrogens with one attached hydrogen (secondary N) is 1. The van der Waals surface area contributed by atoms with Gasteiger partial charge >= 0.3 is 0 Å². The number of carbonyl (C=O) groups is 1. The summed E-state index contributed by atoms with van der Waals surface area (Å²) >= 11 is 0. The van der Waals surface area contributed by atoms with Gasteiger partial charge in [-0.1, -0.05) is 37.3 Å². The van der Waals surface area contributed by atoms with E-state index in [-0.39, 0.29) is 17.6 Å². The third-order valence-corrected chi connectivity index (χ3v) is 4.59. The minimum atomic E-state index is -0.240. The van der Waals surface area contributed by atoms with E-state index in [1.165, 1.54) is 0 Å². The Hall–Kier alpha value is -3.21. The van der Waals surface area contributed by atoms with Crippen LogP contribution >= 0.6 is 0 Å². The quantitative estimate of drug-likeness (QED) is 0.680. The highest BCUT2D eigenvalue weighted by atomic mass is 16.5. The van der Waals surface area contributed by atoms with Gasteiger partial charge in [-0.15, -0.1) is 0 Å². The maximum Gasteiger partial charge on any atom is 0.227 e. The van der Waals surface area contributed by atoms with E-state index in [1.54, 1.807) is 26.4 Å². The van der Waals surface area contributed by atoms with Crippen molar-refractivity contribution < 1.29 is 19.4 Å². The van der Waals surface area contributed by atoms with Crippen LogP contribution in [0.4, 0.5) is 5.69 Å². The number of hydrogen-bond donors (Lipinski definition) is 2. The van der Waals surface area contributed by atoms with Gasteiger partial charge in [0.15, 0.2) is 11.5 Å². The van der Waals surface area contributed by atoms with Crippen molar-refractivity contribution >= 4 is 22.4 Å². The van der Waals surface area contributed by atoms with E-state index in [9.17, 15) is 9.90 Å². The lowest BCUT2D eigenvalue weighted by molar-refractivity contribution is -0.119. The Kier molecular flexibility index (Phi) is 5.50. The first-order chi connectivity index (χ1) is 13.0. The van der Waals surface area contributed by atoms with E-state index in [0.29, 0.717) is 29.0 Å². The van der Waals surface area contributed by atoms with Crippen LogP contribution < -0.4 is 14.8 Å². The van der Waals surface area contributed by atoms with Gasteiger partial charge in [0.2, 0.25) is 5.91 Å². The summed E-state index contributed by atoms with van der Waals surface area (Å²) in [4.78, 5) is 12.7. The lowest BCUT2D eigenvalue weighted by Gasteiger charge is -2.15. The molecular weight excluding hydrogens is 342 g/mol. The summed E-state index contributed by atoms with van der Waals surface area (Å²) in [7, 11) is 3.18. The number of anilines is 1. The average molecular weight is 365 g/mol. The van der Waals surface area contributed by atoms with Crippen LogP contribution in [0.5, 0.6) is 17.2 Å². The predicted molar refractivity (Wildman–Crippen MR) is 107 cm³/mol. The summed E-state index contributed by atoms with van der Waals surface area (Å²) < 4.78 is 10.6. The number of carbonyl (C=O) groups excluding carboxylic acids is 1. The second-order valence-electron chi connectivity index (χ2n) is 6.46. The number of amides is 1. The predicted octanol–water partition coefficient (Wildman–Crippen LogP) is 4.38. The third-order valence-electron chi connectivity index (χ3n) is 4.59. The molecule has 0 aliphatic carbocycles. The number of phenols is 1. The highest BCUT2D eigenvalue weighted by Crippen LogP contribution is 2.31. The first-order valence-corrected chi connectivity index (χ1v) is 8.76. The molecule has 0 heterocycles. The molecule has 3 rings (SSSR count). The van der Waals surface area contributed by atoms with Crippen molar-refractivity contribution in [2.45, 2.75) is 13.3 Å². The molecule has 0 saturated carbocycles. The first-order valence-electron chi connectivity index (χ1n) is 8.76. The number of methoxy groups -OCH3 is 2. The fourth-order valence-electron chi connectivity index (χ4n) is 3.11. The summed E-state index contributed by atoms with van der Waals surface area (Å²) in [6.45, 7) is 1.88. The van der Waals surface area contributed by atoms with Crippen LogP contribution in [0.3, 0.4) is 0 Å². The number of hydrogen-bond acceptors (Lipinski definition) is 4. The standard InChI is InChI=1S/C22H23NO4/c1-14(12-15-10-11-20(26-2)21(13-15)27-3)22(25)23-18-8-4-7-17-16(18)6-5-9-19(17)24/h4-11,13-14,24H,12H2,1-3H3,(H,23,25). The Bertz CT molecular complexity index is 968. The number of phenolic OH excluding ortho intramolecular Hbond substituents is 1. The fourth-order valence-corrected chi connectivity index (χ4v) is 3.11. The van der Waals surface area contributed by atoms with Gasteiger partial charge in [0, 0.05) is 22.4 Å². The molecular formula is C22H23NO4. The molecule has 3 aromatic carbocycles. The van der Waals surface area contributed by atoms with Crippen LogP contribution in [-0.4, -0.2) is 25.2 Å². The molecule has 0 saturated heterocycles. The number of aromatic hydroxyl groups is 1. The molecule has 1 unspecified atom stereocenters. The molecule has 3 aromatic rings. The molecule has 0 fully saturated rings. The normalized spacial score (nSPS) is 11.8. The second-order valence-corrected chi connectivity index (χ2v) is 6.46. The fraction of sp³-hybridized carbons (Fsp3) is 0.227. The summed E-state index contributed by atoms with van der Waals surface area (Å²) in [5, 5.41) is 14.5. The van der Waals surface area contributed by atoms with Gasteiger partial charge in [0.25, 0.3) is 0 Å². The third kappa shape index (κ3) is 3.97. The molecule has 140 valence electrons. The van der Waals surface area contributed by atoms with Gasteiger partial charge in [0.1, 0.15) is 5.75 Å². The molecule has 1 atom stereocenters. The summed E-state index contributed by atoms with van der Waals surface area (Å²) in [6, 6.07) is 16.4. The minimum Gasteiger partial charge on any atom is -0.507 e. The molecule has 5 nitrogen and oxygen atoms in total. The largest absolute Gasteiger partial charge is 0.507 e. The maximum absolute atomic E-state index is 12.7. The number of ether oxygens (including phenoxy) is 2. The maximum atomic E-state index is 12.7. The number of rotatable bonds is 6. The van der Waals surface area contributed by atoms with E-state index >= 15 is 0 Å². The Morgan fingerprint density at radius 3 is 2.44 bits per heavy atom. The molecule has 0 bridgehead atoms. The molecule has 2 N–H and O–H groups in total. The van der Waals surface area contributed by atoms with E-state index in [4.69, 9.17) is 9.47 Å². The van der Waals surface area contributed by atoms with Crippen molar-refractivity contribution in [3.8, 4) is 17.2 Å². The Morgan fingerprint density at radius 2 is 1.70 bits per heavy atom. The molecule has 0 aromatic heterocycles. The van der Waals surface area contributed by atoms with Crippen molar-refractivity contribution in [2.24, 2.45) is 5.92 Å². The minimum absolute atomic E-state index is 0.0828. The van der Waals surface area contributed by atoms with Gasteiger partial charge in [-0.3, -0.25) is 4.79 Å². The highest BCUT2D eigenvalue weighted by Gasteiger charge is 2.16. The SMILES string of the molecule is COc1ccc(CC(C)C(=O)Nc2cccc3c(O)cccc23)cc1OC. The van der Waals surface area contributed by atoms with Gasteiger partial charge in [0.05, 0.1) is 14.2 Å². The monoisotopic (exact) mass is 365 g/mol. The summed E-state index contributed by atoms with van der Waals surface area (Å²) in [6.07, 6.45) is 0.572. The highest BCUT2D eigenvalue weighted by molar-refractivity contribution is 6.04. The van der Waals surface area contributed by atoms with Crippen molar-refractivity contribution in [3.63, 3.8) is 0 Å². The number of benzene rings is 3. The van der Waals surface area contributed by atoms with Gasteiger partial charge < -0.3 is 19.9 Å². The average Bonchev–Trinajstić information content (AvgIpc) is 2.68. The van der Waals surface area contributed by atoms with Crippen molar-refractivity contribution in [1.29, 1.82) is 0 Å². The van der Waals surface area contributed by atoms with Crippen molar-refractivity contribution in [3.05, 3.63) is 60.2 Å². The lowest BCUT2D eigenvalue weighted by atomic mass is 9.99. The molecule has 0 spiro atoms. The second kappa shape index (κ2) is 7.99. The van der Waals surface area contributed by atoms with Gasteiger partial charge in [-0.05, 0) is 36.2 Å². The van der Waals surface area contributed by atoms with E-state index < -0.39 is 0 Å². The van der Waals surface area contributed by atoms with Crippen LogP contribution in [0.15, 0.2) is 54.6 Å². The van der Waals surface area contributed by atoms with E-state index in [1.807, 2.05) is 49.4 Å². The Labute approximate surface area is 158 Å². The molecule has 27 heavy (non-hydrogen) atoms. The van der Waals surface area contributed by atoms with Crippen molar-refractivity contribution in [2.75, 3.05) is 19.5 Å². The van der Waals surface area contributed by atoms with Crippen LogP contribution in [0.25, 0.3) is 10.8 Å². The zero-order valence-corrected chi connectivity index (χ0v) is 15.7. The summed E-state index contributed by atoms with van der Waals surface area (Å²) in [5.74, 6) is 1.18. The molecule has 0 radical (unpaired) electrons. The summed E-state index contributed by atoms with van der Waals surface area (Å²) in [5.41, 5.74) is 1.68. The molecule has 1 amide bonds. The van der Waals surface area contributed by atoms with Gasteiger partial charge in [-0.25, -0.2) is 0 Å². The smallest absolute Gasteiger partial charge is 0.227 e. The molecule has 5 heteroatoms. The van der Waals surface area contributed by atoms with Crippen LogP contribution in [0.2, 0.25) is 0 Å². The zero-order valence-electron chi connectivity index (χ0n) is 15.7. The van der Waals surface area contributed by atoms with E-state index in [2.05, 4.69) is 5.32 Å². The zero-order chi connectivity index (χ0) is 19.4. The van der Waals surface area contributed by atoms with E-state index in [0.717, 1.165) is 10.9 Å². The van der Waals surface area contributed by atoms with Crippen molar-refractivity contribution in [1.82, 2.24) is 0 Å². The topological polar surface area (TPSA) is 67.8 Å². The molecule has 0 aliphatic heterocycles. The Morgan fingerprint density at radius 1 is 1.00 bits per heavy atom. The van der Waals surface area contributed by atoms with Crippen LogP contribution in [0.1, 0.15) is 12.5 Å². The molecule has 0 aliphatic rings. The van der Waals surface area contributed by atoms with Crippen LogP contribution in [-0.2, 0) is 11.2 Å². The first kappa shape index (κ1) is 18.6.